The first-order valence-corrected chi connectivity index (χ1v) is 17.5. The van der Waals surface area contributed by atoms with E-state index in [-0.39, 0.29) is 0 Å². The number of aromatic nitrogens is 1. The molecule has 0 atom stereocenters. The van der Waals surface area contributed by atoms with Crippen LogP contribution in [0.15, 0.2) is 206 Å². The van der Waals surface area contributed by atoms with Gasteiger partial charge in [-0.15, -0.1) is 0 Å². The molecule has 0 saturated carbocycles. The maximum Gasteiger partial charge on any atom is 0.0547 e. The van der Waals surface area contributed by atoms with Gasteiger partial charge in [-0.2, -0.15) is 0 Å². The van der Waals surface area contributed by atoms with Gasteiger partial charge in [-0.25, -0.2) is 0 Å². The van der Waals surface area contributed by atoms with Crippen LogP contribution in [0.4, 0.5) is 0 Å². The van der Waals surface area contributed by atoms with Crippen molar-refractivity contribution in [3.05, 3.63) is 223 Å². The van der Waals surface area contributed by atoms with Crippen molar-refractivity contribution < 1.29 is 0 Å². The van der Waals surface area contributed by atoms with Gasteiger partial charge in [0.1, 0.15) is 0 Å². The van der Waals surface area contributed by atoms with Crippen molar-refractivity contribution >= 4 is 33.5 Å². The van der Waals surface area contributed by atoms with Crippen LogP contribution >= 0.6 is 0 Å². The third-order valence-corrected chi connectivity index (χ3v) is 9.78. The van der Waals surface area contributed by atoms with Gasteiger partial charge < -0.3 is 4.57 Å². The van der Waals surface area contributed by atoms with Crippen LogP contribution in [0.2, 0.25) is 0 Å². The number of hydrogen-bond acceptors (Lipinski definition) is 0. The Morgan fingerprint density at radius 1 is 0.333 bits per heavy atom. The Morgan fingerprint density at radius 3 is 1.49 bits per heavy atom. The Kier molecular flexibility index (Phi) is 7.92. The van der Waals surface area contributed by atoms with Crippen molar-refractivity contribution in [2.45, 2.75) is 0 Å². The Labute approximate surface area is 299 Å². The van der Waals surface area contributed by atoms with Crippen LogP contribution in [0, 0.1) is 0 Å². The normalized spacial score (nSPS) is 11.6. The zero-order valence-corrected chi connectivity index (χ0v) is 28.2. The average Bonchev–Trinajstić information content (AvgIpc) is 3.55. The molecule has 0 aliphatic rings. The van der Waals surface area contributed by atoms with Crippen molar-refractivity contribution in [3.8, 4) is 39.1 Å². The highest BCUT2D eigenvalue weighted by molar-refractivity contribution is 6.10. The SMILES string of the molecule is C(=C(c1cccc(-c2ccccc2)c1)c1cccc(-c2ccc3c4ccccc4n(-c4ccccc4)c3c2)c1)c1cccc(-c2ccccc2)c1. The molecule has 1 heterocycles. The van der Waals surface area contributed by atoms with E-state index in [1.54, 1.807) is 0 Å². The molecule has 9 rings (SSSR count). The lowest BCUT2D eigenvalue weighted by molar-refractivity contribution is 1.18. The molecule has 0 aliphatic carbocycles. The van der Waals surface area contributed by atoms with Gasteiger partial charge in [-0.05, 0) is 104 Å². The lowest BCUT2D eigenvalue weighted by Crippen LogP contribution is -1.93. The fraction of sp³-hybridized carbons (Fsp3) is 0. The summed E-state index contributed by atoms with van der Waals surface area (Å²) in [5.74, 6) is 0. The molecular weight excluding hydrogens is 615 g/mol. The number of para-hydroxylation sites is 2. The lowest BCUT2D eigenvalue weighted by atomic mass is 9.91. The summed E-state index contributed by atoms with van der Waals surface area (Å²) in [6.45, 7) is 0. The molecule has 0 amide bonds. The first-order valence-electron chi connectivity index (χ1n) is 17.5. The van der Waals surface area contributed by atoms with Gasteiger partial charge >= 0.3 is 0 Å². The fourth-order valence-electron chi connectivity index (χ4n) is 7.31. The zero-order chi connectivity index (χ0) is 34.0. The molecule has 0 bridgehead atoms. The molecule has 1 aromatic heterocycles. The predicted octanol–water partition coefficient (Wildman–Crippen LogP) is 13.4. The van der Waals surface area contributed by atoms with Gasteiger partial charge in [-0.3, -0.25) is 0 Å². The fourth-order valence-corrected chi connectivity index (χ4v) is 7.31. The first kappa shape index (κ1) is 30.4. The van der Waals surface area contributed by atoms with Crippen LogP contribution in [0.5, 0.6) is 0 Å². The van der Waals surface area contributed by atoms with Crippen LogP contribution < -0.4 is 0 Å². The number of hydrogen-bond donors (Lipinski definition) is 0. The Bertz CT molecular complexity index is 2660. The van der Waals surface area contributed by atoms with Crippen molar-refractivity contribution in [1.82, 2.24) is 4.57 Å². The number of nitrogens with zero attached hydrogens (tertiary/aromatic N) is 1. The molecule has 9 aromatic rings. The summed E-state index contributed by atoms with van der Waals surface area (Å²) in [7, 11) is 0. The van der Waals surface area contributed by atoms with Gasteiger partial charge in [0.05, 0.1) is 11.0 Å². The van der Waals surface area contributed by atoms with Crippen molar-refractivity contribution in [2.75, 3.05) is 0 Å². The molecule has 0 aliphatic heterocycles. The van der Waals surface area contributed by atoms with Crippen LogP contribution in [0.3, 0.4) is 0 Å². The molecule has 0 saturated heterocycles. The molecule has 0 N–H and O–H groups in total. The number of benzene rings is 8. The van der Waals surface area contributed by atoms with Crippen molar-refractivity contribution in [3.63, 3.8) is 0 Å². The molecule has 51 heavy (non-hydrogen) atoms. The Morgan fingerprint density at radius 2 is 0.824 bits per heavy atom. The summed E-state index contributed by atoms with van der Waals surface area (Å²) in [6, 6.07) is 74.3. The standard InChI is InChI=1S/C50H35N/c1-4-16-37(17-5-1)39-20-12-15-36(31-39)32-48(43-23-13-21-40(33-43)38-18-6-2-7-19-38)44-24-14-22-41(34-44)42-29-30-47-46-27-10-11-28-49(46)51(50(47)35-42)45-25-8-3-9-26-45/h1-35H. The molecule has 0 radical (unpaired) electrons. The highest BCUT2D eigenvalue weighted by atomic mass is 15.0. The smallest absolute Gasteiger partial charge is 0.0547 e. The summed E-state index contributed by atoms with van der Waals surface area (Å²) >= 11 is 0. The summed E-state index contributed by atoms with van der Waals surface area (Å²) in [6.07, 6.45) is 2.34. The van der Waals surface area contributed by atoms with Gasteiger partial charge in [0.25, 0.3) is 0 Å². The number of fused-ring (bicyclic) bond motifs is 3. The molecule has 1 nitrogen and oxygen atoms in total. The van der Waals surface area contributed by atoms with E-state index in [4.69, 9.17) is 0 Å². The Hall–Kier alpha value is -6.70. The van der Waals surface area contributed by atoms with Crippen LogP contribution in [-0.2, 0) is 0 Å². The summed E-state index contributed by atoms with van der Waals surface area (Å²) in [5.41, 5.74) is 15.5. The van der Waals surface area contributed by atoms with Crippen LogP contribution in [-0.4, -0.2) is 4.57 Å². The summed E-state index contributed by atoms with van der Waals surface area (Å²) < 4.78 is 2.39. The third kappa shape index (κ3) is 5.96. The lowest BCUT2D eigenvalue weighted by Gasteiger charge is -2.14. The maximum absolute atomic E-state index is 2.39. The molecular formula is C50H35N. The van der Waals surface area contributed by atoms with E-state index in [1.807, 2.05) is 0 Å². The van der Waals surface area contributed by atoms with Crippen LogP contribution in [0.25, 0.3) is 72.5 Å². The summed E-state index contributed by atoms with van der Waals surface area (Å²) in [5, 5.41) is 2.52. The van der Waals surface area contributed by atoms with E-state index in [0.29, 0.717) is 0 Å². The molecule has 240 valence electrons. The quantitative estimate of drug-likeness (QED) is 0.151. The highest BCUT2D eigenvalue weighted by Gasteiger charge is 2.14. The largest absolute Gasteiger partial charge is 0.309 e. The minimum Gasteiger partial charge on any atom is -0.309 e. The topological polar surface area (TPSA) is 4.93 Å². The monoisotopic (exact) mass is 649 g/mol. The van der Waals surface area contributed by atoms with E-state index in [9.17, 15) is 0 Å². The molecule has 0 fully saturated rings. The minimum absolute atomic E-state index is 1.16. The molecule has 0 spiro atoms. The van der Waals surface area contributed by atoms with Gasteiger partial charge in [0.2, 0.25) is 0 Å². The van der Waals surface area contributed by atoms with Gasteiger partial charge in [0, 0.05) is 16.5 Å². The van der Waals surface area contributed by atoms with E-state index in [1.165, 1.54) is 71.9 Å². The zero-order valence-electron chi connectivity index (χ0n) is 28.2. The molecule has 8 aromatic carbocycles. The average molecular weight is 650 g/mol. The second kappa shape index (κ2) is 13.3. The highest BCUT2D eigenvalue weighted by Crippen LogP contribution is 2.37. The van der Waals surface area contributed by atoms with Gasteiger partial charge in [0.15, 0.2) is 0 Å². The maximum atomic E-state index is 2.39. The second-order valence-corrected chi connectivity index (χ2v) is 13.0. The second-order valence-electron chi connectivity index (χ2n) is 13.0. The van der Waals surface area contributed by atoms with Crippen LogP contribution in [0.1, 0.15) is 16.7 Å². The predicted molar refractivity (Wildman–Crippen MR) is 217 cm³/mol. The minimum atomic E-state index is 1.16. The Balaban J connectivity index is 1.20. The third-order valence-electron chi connectivity index (χ3n) is 9.78. The van der Waals surface area contributed by atoms with E-state index >= 15 is 0 Å². The molecule has 1 heteroatoms. The first-order chi connectivity index (χ1) is 25.3. The van der Waals surface area contributed by atoms with E-state index in [2.05, 4.69) is 217 Å². The van der Waals surface area contributed by atoms with Crippen molar-refractivity contribution in [1.29, 1.82) is 0 Å². The van der Waals surface area contributed by atoms with Crippen molar-refractivity contribution in [2.24, 2.45) is 0 Å². The summed E-state index contributed by atoms with van der Waals surface area (Å²) in [4.78, 5) is 0. The van der Waals surface area contributed by atoms with Gasteiger partial charge in [-0.1, -0.05) is 164 Å². The van der Waals surface area contributed by atoms with E-state index in [0.717, 1.165) is 11.3 Å². The number of rotatable bonds is 7. The molecule has 0 unspecified atom stereocenters. The van der Waals surface area contributed by atoms with E-state index < -0.39 is 0 Å².